The van der Waals surface area contributed by atoms with E-state index in [9.17, 15) is 9.59 Å². The molecular weight excluding hydrogens is 294 g/mol. The summed E-state index contributed by atoms with van der Waals surface area (Å²) in [6.07, 6.45) is 5.06. The third kappa shape index (κ3) is 8.32. The summed E-state index contributed by atoms with van der Waals surface area (Å²) in [5.41, 5.74) is 0. The molecule has 0 bridgehead atoms. The van der Waals surface area contributed by atoms with E-state index in [0.29, 0.717) is 13.2 Å². The standard InChI is InChI=1S/C17H33N3O3/c1-20(2)12-4-10-18-16(21)14-6-8-15(9-7-14)17(22)19-11-5-13-23-3/h14-15H,4-13H2,1-3H3,(H,18,21)(H,19,22). The maximum atomic E-state index is 12.1. The molecule has 0 saturated heterocycles. The van der Waals surface area contributed by atoms with E-state index in [1.54, 1.807) is 7.11 Å². The minimum absolute atomic E-state index is 0.0651. The van der Waals surface area contributed by atoms with Gasteiger partial charge in [-0.3, -0.25) is 9.59 Å². The van der Waals surface area contributed by atoms with Gasteiger partial charge in [0.25, 0.3) is 0 Å². The topological polar surface area (TPSA) is 70.7 Å². The molecule has 0 spiro atoms. The first-order chi connectivity index (χ1) is 11.0. The van der Waals surface area contributed by atoms with Gasteiger partial charge < -0.3 is 20.3 Å². The summed E-state index contributed by atoms with van der Waals surface area (Å²) < 4.78 is 4.96. The van der Waals surface area contributed by atoms with Crippen molar-refractivity contribution in [1.29, 1.82) is 0 Å². The number of methoxy groups -OCH3 is 1. The smallest absolute Gasteiger partial charge is 0.223 e. The quantitative estimate of drug-likeness (QED) is 0.588. The zero-order valence-corrected chi connectivity index (χ0v) is 14.9. The Labute approximate surface area is 140 Å². The van der Waals surface area contributed by atoms with Crippen molar-refractivity contribution in [2.24, 2.45) is 11.8 Å². The SMILES string of the molecule is COCCCNC(=O)C1CCC(C(=O)NCCCN(C)C)CC1. The van der Waals surface area contributed by atoms with Crippen LogP contribution in [0.4, 0.5) is 0 Å². The highest BCUT2D eigenvalue weighted by atomic mass is 16.5. The van der Waals surface area contributed by atoms with Crippen LogP contribution in [0.5, 0.6) is 0 Å². The summed E-state index contributed by atoms with van der Waals surface area (Å²) in [7, 11) is 5.72. The van der Waals surface area contributed by atoms with Gasteiger partial charge in [0.1, 0.15) is 0 Å². The van der Waals surface area contributed by atoms with E-state index in [4.69, 9.17) is 4.74 Å². The van der Waals surface area contributed by atoms with Crippen molar-refractivity contribution in [3.05, 3.63) is 0 Å². The van der Waals surface area contributed by atoms with Crippen LogP contribution in [0.1, 0.15) is 38.5 Å². The molecule has 6 nitrogen and oxygen atoms in total. The highest BCUT2D eigenvalue weighted by Crippen LogP contribution is 2.29. The molecular formula is C17H33N3O3. The molecule has 0 unspecified atom stereocenters. The van der Waals surface area contributed by atoms with Gasteiger partial charge in [0.15, 0.2) is 0 Å². The van der Waals surface area contributed by atoms with Gasteiger partial charge in [0.05, 0.1) is 0 Å². The number of carbonyl (C=O) groups excluding carboxylic acids is 2. The highest BCUT2D eigenvalue weighted by molar-refractivity contribution is 5.81. The lowest BCUT2D eigenvalue weighted by Gasteiger charge is -2.27. The summed E-state index contributed by atoms with van der Waals surface area (Å²) >= 11 is 0. The normalized spacial score (nSPS) is 21.2. The Morgan fingerprint density at radius 3 is 1.87 bits per heavy atom. The second-order valence-electron chi connectivity index (χ2n) is 6.63. The molecule has 1 rings (SSSR count). The Bertz CT molecular complexity index is 353. The van der Waals surface area contributed by atoms with Gasteiger partial charge in [-0.2, -0.15) is 0 Å². The van der Waals surface area contributed by atoms with E-state index in [-0.39, 0.29) is 23.7 Å². The largest absolute Gasteiger partial charge is 0.385 e. The Morgan fingerprint density at radius 1 is 0.957 bits per heavy atom. The molecule has 2 amide bonds. The van der Waals surface area contributed by atoms with E-state index < -0.39 is 0 Å². The summed E-state index contributed by atoms with van der Waals surface area (Å²) in [5, 5.41) is 5.98. The van der Waals surface area contributed by atoms with Crippen molar-refractivity contribution < 1.29 is 14.3 Å². The van der Waals surface area contributed by atoms with Gasteiger partial charge >= 0.3 is 0 Å². The first-order valence-electron chi connectivity index (χ1n) is 8.73. The summed E-state index contributed by atoms with van der Waals surface area (Å²) in [5.74, 6) is 0.427. The van der Waals surface area contributed by atoms with Crippen LogP contribution >= 0.6 is 0 Å². The van der Waals surface area contributed by atoms with Gasteiger partial charge in [-0.05, 0) is 59.2 Å². The van der Waals surface area contributed by atoms with E-state index in [2.05, 4.69) is 15.5 Å². The Kier molecular flexibility index (Phi) is 9.87. The first-order valence-corrected chi connectivity index (χ1v) is 8.73. The number of nitrogens with zero attached hydrogens (tertiary/aromatic N) is 1. The fraction of sp³-hybridized carbons (Fsp3) is 0.882. The molecule has 0 aromatic rings. The fourth-order valence-electron chi connectivity index (χ4n) is 2.94. The number of rotatable bonds is 10. The maximum Gasteiger partial charge on any atom is 0.223 e. The van der Waals surface area contributed by atoms with Crippen LogP contribution in [0, 0.1) is 11.8 Å². The molecule has 134 valence electrons. The number of carbonyl (C=O) groups is 2. The van der Waals surface area contributed by atoms with Gasteiger partial charge in [0.2, 0.25) is 11.8 Å². The van der Waals surface area contributed by atoms with Crippen molar-refractivity contribution in [3.8, 4) is 0 Å². The van der Waals surface area contributed by atoms with E-state index in [1.165, 1.54) is 0 Å². The molecule has 0 radical (unpaired) electrons. The zero-order chi connectivity index (χ0) is 17.1. The minimum Gasteiger partial charge on any atom is -0.385 e. The molecule has 0 aromatic heterocycles. The lowest BCUT2D eigenvalue weighted by molar-refractivity contribution is -0.130. The highest BCUT2D eigenvalue weighted by Gasteiger charge is 2.29. The van der Waals surface area contributed by atoms with E-state index in [1.807, 2.05) is 14.1 Å². The number of hydrogen-bond donors (Lipinski definition) is 2. The van der Waals surface area contributed by atoms with Crippen molar-refractivity contribution >= 4 is 11.8 Å². The van der Waals surface area contributed by atoms with Crippen molar-refractivity contribution in [2.75, 3.05) is 47.4 Å². The Morgan fingerprint density at radius 2 is 1.43 bits per heavy atom. The van der Waals surface area contributed by atoms with Gasteiger partial charge in [-0.1, -0.05) is 0 Å². The molecule has 1 aliphatic carbocycles. The average Bonchev–Trinajstić information content (AvgIpc) is 2.55. The molecule has 0 aliphatic heterocycles. The van der Waals surface area contributed by atoms with Gasteiger partial charge in [-0.25, -0.2) is 0 Å². The molecule has 0 atom stereocenters. The second kappa shape index (κ2) is 11.4. The van der Waals surface area contributed by atoms with Crippen LogP contribution in [-0.2, 0) is 14.3 Å². The zero-order valence-electron chi connectivity index (χ0n) is 14.9. The van der Waals surface area contributed by atoms with Crippen LogP contribution in [0.2, 0.25) is 0 Å². The monoisotopic (exact) mass is 327 g/mol. The Balaban J connectivity index is 2.16. The van der Waals surface area contributed by atoms with Crippen LogP contribution in [-0.4, -0.2) is 64.2 Å². The molecule has 1 aliphatic rings. The number of nitrogens with one attached hydrogen (secondary N) is 2. The number of hydrogen-bond acceptors (Lipinski definition) is 4. The van der Waals surface area contributed by atoms with Crippen LogP contribution in [0.3, 0.4) is 0 Å². The predicted molar refractivity (Wildman–Crippen MR) is 91.1 cm³/mol. The molecule has 6 heteroatoms. The maximum absolute atomic E-state index is 12.1. The molecule has 0 aromatic carbocycles. The summed E-state index contributed by atoms with van der Waals surface area (Å²) in [4.78, 5) is 26.3. The average molecular weight is 327 g/mol. The predicted octanol–water partition coefficient (Wildman–Crippen LogP) is 1.01. The molecule has 2 N–H and O–H groups in total. The first kappa shape index (κ1) is 19.9. The third-order valence-electron chi connectivity index (χ3n) is 4.37. The lowest BCUT2D eigenvalue weighted by Crippen LogP contribution is -2.38. The van der Waals surface area contributed by atoms with Gasteiger partial charge in [-0.15, -0.1) is 0 Å². The van der Waals surface area contributed by atoms with Crippen LogP contribution in [0.15, 0.2) is 0 Å². The van der Waals surface area contributed by atoms with Gasteiger partial charge in [0, 0.05) is 38.6 Å². The molecule has 1 saturated carbocycles. The van der Waals surface area contributed by atoms with Crippen molar-refractivity contribution in [2.45, 2.75) is 38.5 Å². The van der Waals surface area contributed by atoms with Crippen LogP contribution in [0.25, 0.3) is 0 Å². The van der Waals surface area contributed by atoms with E-state index in [0.717, 1.165) is 51.6 Å². The molecule has 23 heavy (non-hydrogen) atoms. The number of ether oxygens (including phenoxy) is 1. The second-order valence-corrected chi connectivity index (χ2v) is 6.63. The third-order valence-corrected chi connectivity index (χ3v) is 4.37. The number of amides is 2. The van der Waals surface area contributed by atoms with Crippen molar-refractivity contribution in [3.63, 3.8) is 0 Å². The molecule has 1 fully saturated rings. The van der Waals surface area contributed by atoms with Crippen LogP contribution < -0.4 is 10.6 Å². The summed E-state index contributed by atoms with van der Waals surface area (Å²) in [6, 6.07) is 0. The van der Waals surface area contributed by atoms with Crippen molar-refractivity contribution in [1.82, 2.24) is 15.5 Å². The summed E-state index contributed by atoms with van der Waals surface area (Å²) in [6.45, 7) is 3.05. The lowest BCUT2D eigenvalue weighted by atomic mass is 9.81. The van der Waals surface area contributed by atoms with E-state index >= 15 is 0 Å². The minimum atomic E-state index is 0.0651. The fourth-order valence-corrected chi connectivity index (χ4v) is 2.94. The Hall–Kier alpha value is -1.14. The molecule has 0 heterocycles.